The van der Waals surface area contributed by atoms with Gasteiger partial charge in [0.1, 0.15) is 5.82 Å². The molecule has 0 fully saturated rings. The Morgan fingerprint density at radius 3 is 2.26 bits per heavy atom. The molecule has 1 aromatic heterocycles. The van der Waals surface area contributed by atoms with Crippen LogP contribution in [-0.4, -0.2) is 4.98 Å². The first kappa shape index (κ1) is 18.2. The van der Waals surface area contributed by atoms with Crippen molar-refractivity contribution in [3.8, 4) is 22.3 Å². The molecule has 0 bridgehead atoms. The van der Waals surface area contributed by atoms with Gasteiger partial charge in [-0.15, -0.1) is 0 Å². The van der Waals surface area contributed by atoms with Gasteiger partial charge in [-0.1, -0.05) is 54.6 Å². The first-order chi connectivity index (χ1) is 17.3. The summed E-state index contributed by atoms with van der Waals surface area (Å²) in [6.07, 6.45) is 5.95. The van der Waals surface area contributed by atoms with Gasteiger partial charge in [-0.25, -0.2) is 4.98 Å². The number of fused-ring (bicyclic) bond motifs is 11. The van der Waals surface area contributed by atoms with Crippen LogP contribution >= 0.6 is 0 Å². The SMILES string of the molecule is c1ccc2c(c1)Cc1cc3c(cc1-2)Cc1cc2c4c(c1-3)Cc1cccnc1N4c1ccccc1C2. The van der Waals surface area contributed by atoms with Gasteiger partial charge in [0.15, 0.2) is 0 Å². The average Bonchev–Trinajstić information content (AvgIpc) is 3.44. The molecule has 0 saturated carbocycles. The number of hydrogen-bond acceptors (Lipinski definition) is 2. The van der Waals surface area contributed by atoms with E-state index in [0.29, 0.717) is 0 Å². The number of pyridine rings is 1. The number of hydrogen-bond donors (Lipinski definition) is 0. The summed E-state index contributed by atoms with van der Waals surface area (Å²) < 4.78 is 0. The lowest BCUT2D eigenvalue weighted by Gasteiger charge is -2.39. The summed E-state index contributed by atoms with van der Waals surface area (Å²) in [5, 5.41) is 0. The quantitative estimate of drug-likeness (QED) is 0.240. The van der Waals surface area contributed by atoms with E-state index in [9.17, 15) is 0 Å². The summed E-state index contributed by atoms with van der Waals surface area (Å²) in [4.78, 5) is 7.33. The summed E-state index contributed by atoms with van der Waals surface area (Å²) in [6.45, 7) is 0. The van der Waals surface area contributed by atoms with Crippen LogP contribution in [0.3, 0.4) is 0 Å². The van der Waals surface area contributed by atoms with E-state index in [1.807, 2.05) is 6.20 Å². The molecule has 2 nitrogen and oxygen atoms in total. The molecule has 164 valence electrons. The fraction of sp³-hybridized carbons (Fsp3) is 0.121. The van der Waals surface area contributed by atoms with Crippen LogP contribution in [0.15, 0.2) is 85.1 Å². The lowest BCUT2D eigenvalue weighted by Crippen LogP contribution is -2.26. The smallest absolute Gasteiger partial charge is 0.141 e. The largest absolute Gasteiger partial charge is 0.294 e. The molecule has 0 unspecified atom stereocenters. The van der Waals surface area contributed by atoms with Gasteiger partial charge in [0.2, 0.25) is 0 Å². The highest BCUT2D eigenvalue weighted by atomic mass is 15.2. The van der Waals surface area contributed by atoms with E-state index in [4.69, 9.17) is 4.98 Å². The van der Waals surface area contributed by atoms with Crippen molar-refractivity contribution in [1.82, 2.24) is 4.98 Å². The molecule has 0 amide bonds. The second kappa shape index (κ2) is 6.28. The number of para-hydroxylation sites is 1. The molecule has 0 atom stereocenters. The van der Waals surface area contributed by atoms with Crippen LogP contribution in [0, 0.1) is 0 Å². The molecule has 2 aliphatic heterocycles. The van der Waals surface area contributed by atoms with E-state index in [1.165, 1.54) is 78.1 Å². The predicted molar refractivity (Wildman–Crippen MR) is 141 cm³/mol. The van der Waals surface area contributed by atoms with Crippen LogP contribution in [-0.2, 0) is 25.7 Å². The number of nitrogens with zero attached hydrogens (tertiary/aromatic N) is 2. The fourth-order valence-electron chi connectivity index (χ4n) is 7.11. The Morgan fingerprint density at radius 2 is 1.29 bits per heavy atom. The normalized spacial score (nSPS) is 14.9. The molecular weight excluding hydrogens is 424 g/mol. The number of benzene rings is 4. The maximum absolute atomic E-state index is 4.88. The molecule has 0 saturated heterocycles. The van der Waals surface area contributed by atoms with Crippen molar-refractivity contribution < 1.29 is 0 Å². The zero-order valence-corrected chi connectivity index (χ0v) is 19.3. The maximum atomic E-state index is 4.88. The molecular formula is C33H22N2. The Morgan fingerprint density at radius 1 is 0.543 bits per heavy atom. The van der Waals surface area contributed by atoms with E-state index < -0.39 is 0 Å². The minimum atomic E-state index is 0.949. The molecule has 3 heterocycles. The van der Waals surface area contributed by atoms with E-state index in [1.54, 1.807) is 0 Å². The summed E-state index contributed by atoms with van der Waals surface area (Å²) in [5.41, 5.74) is 20.0. The highest BCUT2D eigenvalue weighted by Gasteiger charge is 2.37. The van der Waals surface area contributed by atoms with Crippen molar-refractivity contribution in [3.63, 3.8) is 0 Å². The molecule has 0 spiro atoms. The third-order valence-corrected chi connectivity index (χ3v) is 8.51. The average molecular weight is 447 g/mol. The maximum Gasteiger partial charge on any atom is 0.141 e. The third-order valence-electron chi connectivity index (χ3n) is 8.51. The molecule has 5 aromatic rings. The van der Waals surface area contributed by atoms with Crippen LogP contribution in [0.5, 0.6) is 0 Å². The Bertz CT molecular complexity index is 1750. The lowest BCUT2D eigenvalue weighted by molar-refractivity contribution is 0.979. The van der Waals surface area contributed by atoms with Gasteiger partial charge in [-0.05, 0) is 104 Å². The van der Waals surface area contributed by atoms with Crippen LogP contribution in [0.2, 0.25) is 0 Å². The zero-order valence-electron chi connectivity index (χ0n) is 19.3. The van der Waals surface area contributed by atoms with Crippen molar-refractivity contribution in [3.05, 3.63) is 130 Å². The molecule has 4 aliphatic rings. The molecule has 2 heteroatoms. The zero-order chi connectivity index (χ0) is 22.7. The second-order valence-electron chi connectivity index (χ2n) is 10.4. The molecule has 2 aliphatic carbocycles. The Kier molecular flexibility index (Phi) is 3.27. The Hall–Kier alpha value is -4.17. The minimum Gasteiger partial charge on any atom is -0.294 e. The number of rotatable bonds is 0. The van der Waals surface area contributed by atoms with Crippen molar-refractivity contribution >= 4 is 17.2 Å². The predicted octanol–water partition coefficient (Wildman–Crippen LogP) is 7.50. The van der Waals surface area contributed by atoms with Crippen LogP contribution < -0.4 is 4.90 Å². The fourth-order valence-corrected chi connectivity index (χ4v) is 7.11. The van der Waals surface area contributed by atoms with Crippen molar-refractivity contribution in [2.45, 2.75) is 25.7 Å². The van der Waals surface area contributed by atoms with E-state index in [0.717, 1.165) is 31.5 Å². The molecule has 0 N–H and O–H groups in total. The van der Waals surface area contributed by atoms with E-state index >= 15 is 0 Å². The standard InChI is InChI=1S/C33H22N2/c1-3-9-26-19(6-1)12-22-18-28-23(17-27(22)26)14-24-15-25-13-20-7-2-4-10-30(20)35-32(25)29(31(24)28)16-21-8-5-11-34-33(21)35/h1-11,15,17-18H,12-14,16H2. The third kappa shape index (κ3) is 2.27. The first-order valence-electron chi connectivity index (χ1n) is 12.6. The Balaban J connectivity index is 1.31. The minimum absolute atomic E-state index is 0.949. The van der Waals surface area contributed by atoms with Gasteiger partial charge in [0.25, 0.3) is 0 Å². The topological polar surface area (TPSA) is 16.1 Å². The first-order valence-corrected chi connectivity index (χ1v) is 12.6. The van der Waals surface area contributed by atoms with Gasteiger partial charge in [-0.3, -0.25) is 4.90 Å². The second-order valence-corrected chi connectivity index (χ2v) is 10.4. The monoisotopic (exact) mass is 446 g/mol. The molecule has 0 radical (unpaired) electrons. The number of anilines is 3. The van der Waals surface area contributed by atoms with Crippen LogP contribution in [0.4, 0.5) is 17.2 Å². The number of aromatic nitrogens is 1. The lowest BCUT2D eigenvalue weighted by atomic mass is 9.83. The van der Waals surface area contributed by atoms with Crippen molar-refractivity contribution in [1.29, 1.82) is 0 Å². The van der Waals surface area contributed by atoms with Crippen molar-refractivity contribution in [2.24, 2.45) is 0 Å². The van der Waals surface area contributed by atoms with Gasteiger partial charge >= 0.3 is 0 Å². The highest BCUT2D eigenvalue weighted by molar-refractivity contribution is 5.96. The highest BCUT2D eigenvalue weighted by Crippen LogP contribution is 2.55. The summed E-state index contributed by atoms with van der Waals surface area (Å²) in [6, 6.07) is 29.6. The van der Waals surface area contributed by atoms with Gasteiger partial charge < -0.3 is 0 Å². The molecule has 35 heavy (non-hydrogen) atoms. The Labute approximate surface area is 204 Å². The summed E-state index contributed by atoms with van der Waals surface area (Å²) in [7, 11) is 0. The van der Waals surface area contributed by atoms with E-state index in [2.05, 4.69) is 83.8 Å². The molecule has 9 rings (SSSR count). The van der Waals surface area contributed by atoms with Crippen LogP contribution in [0.25, 0.3) is 22.3 Å². The van der Waals surface area contributed by atoms with Gasteiger partial charge in [0.05, 0.1) is 11.4 Å². The molecule has 4 aromatic carbocycles. The summed E-state index contributed by atoms with van der Waals surface area (Å²) >= 11 is 0. The van der Waals surface area contributed by atoms with E-state index in [-0.39, 0.29) is 0 Å². The van der Waals surface area contributed by atoms with Gasteiger partial charge in [-0.2, -0.15) is 0 Å². The van der Waals surface area contributed by atoms with Crippen molar-refractivity contribution in [2.75, 3.05) is 4.90 Å². The summed E-state index contributed by atoms with van der Waals surface area (Å²) in [5.74, 6) is 1.09. The van der Waals surface area contributed by atoms with Crippen LogP contribution in [0.1, 0.15) is 44.5 Å². The van der Waals surface area contributed by atoms with Gasteiger partial charge in [0, 0.05) is 19.0 Å².